The molecule has 0 atom stereocenters. The minimum Gasteiger partial charge on any atom is -0.301 e. The molecule has 3 rings (SSSR count). The molecule has 0 aliphatic rings. The predicted molar refractivity (Wildman–Crippen MR) is 93.0 cm³/mol. The Kier molecular flexibility index (Phi) is 5.04. The monoisotopic (exact) mass is 415 g/mol. The van der Waals surface area contributed by atoms with Crippen LogP contribution in [-0.4, -0.2) is 30.5 Å². The lowest BCUT2D eigenvalue weighted by molar-refractivity contribution is -0.147. The zero-order valence-electron chi connectivity index (χ0n) is 14.4. The largest absolute Gasteiger partial charge is 0.451 e. The van der Waals surface area contributed by atoms with E-state index in [9.17, 15) is 18.0 Å². The maximum absolute atomic E-state index is 12.9. The lowest BCUT2D eigenvalue weighted by atomic mass is 10.2. The van der Waals surface area contributed by atoms with Crippen molar-refractivity contribution in [2.45, 2.75) is 30.1 Å². The third-order valence-electron chi connectivity index (χ3n) is 3.79. The first-order chi connectivity index (χ1) is 12.6. The van der Waals surface area contributed by atoms with Crippen molar-refractivity contribution in [1.29, 1.82) is 0 Å². The van der Waals surface area contributed by atoms with Gasteiger partial charge in [-0.3, -0.25) is 4.79 Å². The molecule has 0 unspecified atom stereocenters. The third kappa shape index (κ3) is 3.72. The number of nitrogens with zero attached hydrogens (tertiary/aromatic N) is 5. The van der Waals surface area contributed by atoms with Gasteiger partial charge in [-0.2, -0.15) is 23.0 Å². The standard InChI is InChI=1S/C16H13ClF3N5OS/c1-8-12(27-15-22-21-14(24(15)3)16(18,19)20)9(2)25(23-8)13(26)10-4-6-11(17)7-5-10/h4-7H,1-3H3. The Hall–Kier alpha value is -2.33. The third-order valence-corrected chi connectivity index (χ3v) is 5.38. The quantitative estimate of drug-likeness (QED) is 0.643. The fourth-order valence-electron chi connectivity index (χ4n) is 2.43. The summed E-state index contributed by atoms with van der Waals surface area (Å²) in [6.07, 6.45) is -4.60. The van der Waals surface area contributed by atoms with Crippen LogP contribution in [0.2, 0.25) is 5.02 Å². The van der Waals surface area contributed by atoms with Gasteiger partial charge in [-0.1, -0.05) is 11.6 Å². The van der Waals surface area contributed by atoms with E-state index in [0.717, 1.165) is 16.3 Å². The van der Waals surface area contributed by atoms with Crippen molar-refractivity contribution < 1.29 is 18.0 Å². The van der Waals surface area contributed by atoms with Gasteiger partial charge in [-0.05, 0) is 49.9 Å². The van der Waals surface area contributed by atoms with Crippen LogP contribution in [-0.2, 0) is 13.2 Å². The minimum absolute atomic E-state index is 0.0482. The molecule has 0 saturated carbocycles. The van der Waals surface area contributed by atoms with E-state index in [-0.39, 0.29) is 11.1 Å². The zero-order chi connectivity index (χ0) is 19.9. The number of alkyl halides is 3. The first-order valence-corrected chi connectivity index (χ1v) is 8.80. The Morgan fingerprint density at radius 1 is 1.15 bits per heavy atom. The molecular weight excluding hydrogens is 403 g/mol. The van der Waals surface area contributed by atoms with Crippen LogP contribution in [0.4, 0.5) is 13.2 Å². The van der Waals surface area contributed by atoms with E-state index in [1.807, 2.05) is 0 Å². The van der Waals surface area contributed by atoms with Gasteiger partial charge < -0.3 is 4.57 Å². The van der Waals surface area contributed by atoms with Crippen molar-refractivity contribution in [3.05, 3.63) is 52.1 Å². The maximum atomic E-state index is 12.9. The molecule has 2 aromatic heterocycles. The SMILES string of the molecule is Cc1nn(C(=O)c2ccc(Cl)cc2)c(C)c1Sc1nnc(C(F)(F)F)n1C. The van der Waals surface area contributed by atoms with Crippen molar-refractivity contribution in [2.75, 3.05) is 0 Å². The Morgan fingerprint density at radius 2 is 1.78 bits per heavy atom. The van der Waals surface area contributed by atoms with Gasteiger partial charge in [0.2, 0.25) is 5.82 Å². The fraction of sp³-hybridized carbons (Fsp3) is 0.250. The van der Waals surface area contributed by atoms with Crippen molar-refractivity contribution >= 4 is 29.3 Å². The number of rotatable bonds is 3. The van der Waals surface area contributed by atoms with Crippen LogP contribution in [0.15, 0.2) is 34.3 Å². The van der Waals surface area contributed by atoms with Crippen LogP contribution >= 0.6 is 23.4 Å². The number of hydrogen-bond acceptors (Lipinski definition) is 5. The van der Waals surface area contributed by atoms with E-state index in [2.05, 4.69) is 15.3 Å². The molecule has 2 heterocycles. The normalized spacial score (nSPS) is 11.8. The maximum Gasteiger partial charge on any atom is 0.451 e. The van der Waals surface area contributed by atoms with Crippen molar-refractivity contribution in [3.8, 4) is 0 Å². The summed E-state index contributed by atoms with van der Waals surface area (Å²) in [6.45, 7) is 3.33. The van der Waals surface area contributed by atoms with Crippen LogP contribution in [0.25, 0.3) is 0 Å². The predicted octanol–water partition coefficient (Wildman–Crippen LogP) is 4.14. The molecule has 11 heteroatoms. The van der Waals surface area contributed by atoms with Gasteiger partial charge in [0.15, 0.2) is 5.16 Å². The van der Waals surface area contributed by atoms with Gasteiger partial charge in [-0.25, -0.2) is 0 Å². The smallest absolute Gasteiger partial charge is 0.301 e. The number of aromatic nitrogens is 5. The molecule has 0 bridgehead atoms. The molecule has 3 aromatic rings. The van der Waals surface area contributed by atoms with E-state index in [4.69, 9.17) is 11.6 Å². The van der Waals surface area contributed by atoms with Gasteiger partial charge >= 0.3 is 6.18 Å². The average Bonchev–Trinajstić information content (AvgIpc) is 3.10. The molecule has 0 aliphatic heterocycles. The molecule has 142 valence electrons. The van der Waals surface area contributed by atoms with Crippen LogP contribution in [0, 0.1) is 13.8 Å². The molecular formula is C16H13ClF3N5OS. The summed E-state index contributed by atoms with van der Waals surface area (Å²) in [5, 5.41) is 11.6. The highest BCUT2D eigenvalue weighted by Crippen LogP contribution is 2.35. The first-order valence-electron chi connectivity index (χ1n) is 7.60. The summed E-state index contributed by atoms with van der Waals surface area (Å²) < 4.78 is 40.7. The highest BCUT2D eigenvalue weighted by Gasteiger charge is 2.37. The van der Waals surface area contributed by atoms with Crippen LogP contribution in [0.5, 0.6) is 0 Å². The number of carbonyl (C=O) groups is 1. The van der Waals surface area contributed by atoms with E-state index in [0.29, 0.717) is 26.9 Å². The summed E-state index contributed by atoms with van der Waals surface area (Å²) >= 11 is 6.80. The van der Waals surface area contributed by atoms with Crippen LogP contribution in [0.1, 0.15) is 27.6 Å². The van der Waals surface area contributed by atoms with Crippen LogP contribution in [0.3, 0.4) is 0 Å². The molecule has 0 saturated heterocycles. The van der Waals surface area contributed by atoms with Gasteiger partial charge in [0.1, 0.15) is 0 Å². The Bertz CT molecular complexity index is 1010. The highest BCUT2D eigenvalue weighted by molar-refractivity contribution is 7.99. The van der Waals surface area contributed by atoms with Crippen molar-refractivity contribution in [1.82, 2.24) is 24.5 Å². The number of carbonyl (C=O) groups excluding carboxylic acids is 1. The second-order valence-electron chi connectivity index (χ2n) is 5.69. The highest BCUT2D eigenvalue weighted by atomic mass is 35.5. The Balaban J connectivity index is 1.94. The zero-order valence-corrected chi connectivity index (χ0v) is 15.9. The van der Waals surface area contributed by atoms with Crippen molar-refractivity contribution in [2.24, 2.45) is 7.05 Å². The lowest BCUT2D eigenvalue weighted by Gasteiger charge is -2.07. The number of halogens is 4. The number of benzene rings is 1. The summed E-state index contributed by atoms with van der Waals surface area (Å²) in [5.41, 5.74) is 1.38. The molecule has 0 spiro atoms. The molecule has 27 heavy (non-hydrogen) atoms. The Morgan fingerprint density at radius 3 is 2.33 bits per heavy atom. The second kappa shape index (κ2) is 7.01. The van der Waals surface area contributed by atoms with Gasteiger partial charge in [0, 0.05) is 17.6 Å². The molecule has 1 aromatic carbocycles. The van der Waals surface area contributed by atoms with Gasteiger partial charge in [0.05, 0.1) is 16.3 Å². The van der Waals surface area contributed by atoms with Gasteiger partial charge in [-0.15, -0.1) is 10.2 Å². The molecule has 0 N–H and O–H groups in total. The lowest BCUT2D eigenvalue weighted by Crippen LogP contribution is -2.15. The topological polar surface area (TPSA) is 65.6 Å². The van der Waals surface area contributed by atoms with Gasteiger partial charge in [0.25, 0.3) is 5.91 Å². The summed E-state index contributed by atoms with van der Waals surface area (Å²) in [6, 6.07) is 6.33. The molecule has 0 aliphatic carbocycles. The first kappa shape index (κ1) is 19.4. The molecule has 0 amide bonds. The number of hydrogen-bond donors (Lipinski definition) is 0. The second-order valence-corrected chi connectivity index (χ2v) is 7.10. The molecule has 6 nitrogen and oxygen atoms in total. The summed E-state index contributed by atoms with van der Waals surface area (Å²) in [7, 11) is 1.24. The number of aryl methyl sites for hydroxylation is 1. The summed E-state index contributed by atoms with van der Waals surface area (Å²) in [4.78, 5) is 13.2. The summed E-state index contributed by atoms with van der Waals surface area (Å²) in [5.74, 6) is -1.46. The van der Waals surface area contributed by atoms with E-state index < -0.39 is 12.0 Å². The molecule has 0 fully saturated rings. The fourth-order valence-corrected chi connectivity index (χ4v) is 3.47. The Labute approximate surface area is 161 Å². The molecule has 0 radical (unpaired) electrons. The average molecular weight is 416 g/mol. The van der Waals surface area contributed by atoms with Crippen molar-refractivity contribution in [3.63, 3.8) is 0 Å². The minimum atomic E-state index is -4.60. The van der Waals surface area contributed by atoms with E-state index in [1.54, 1.807) is 38.1 Å². The van der Waals surface area contributed by atoms with E-state index in [1.165, 1.54) is 11.7 Å². The van der Waals surface area contributed by atoms with E-state index >= 15 is 0 Å². The van der Waals surface area contributed by atoms with Crippen LogP contribution < -0.4 is 0 Å².